The number of aryl methyl sites for hydroxylation is 1. The zero-order chi connectivity index (χ0) is 18.4. The molecule has 1 heterocycles. The van der Waals surface area contributed by atoms with Crippen molar-refractivity contribution in [3.05, 3.63) is 64.4 Å². The second-order valence-corrected chi connectivity index (χ2v) is 6.55. The Morgan fingerprint density at radius 1 is 1.16 bits per heavy atom. The number of ether oxygens (including phenoxy) is 1. The molecule has 0 aliphatic rings. The van der Waals surface area contributed by atoms with Gasteiger partial charge in [-0.25, -0.2) is 9.78 Å². The Morgan fingerprint density at radius 3 is 2.40 bits per heavy atom. The molecule has 0 saturated heterocycles. The number of hydrogen-bond donors (Lipinski definition) is 1. The lowest BCUT2D eigenvalue weighted by molar-refractivity contribution is -0.148. The van der Waals surface area contributed by atoms with Crippen LogP contribution in [0, 0.1) is 12.8 Å². The van der Waals surface area contributed by atoms with Crippen molar-refractivity contribution in [3.8, 4) is 0 Å². The van der Waals surface area contributed by atoms with Crippen molar-refractivity contribution >= 4 is 23.5 Å². The summed E-state index contributed by atoms with van der Waals surface area (Å²) in [5.74, 6) is -0.889. The number of aromatic nitrogens is 1. The predicted molar refractivity (Wildman–Crippen MR) is 96.3 cm³/mol. The standard InChI is InChI=1S/C19H21ClN2O3/c1-12(2)17(22-18(23)15-7-4-13(3)5-8-15)19(24)25-11-14-6-9-16(20)21-10-14/h4-10,12,17H,11H2,1-3H3,(H,22,23)/t17-/m0/s1. The van der Waals surface area contributed by atoms with Crippen LogP contribution in [-0.4, -0.2) is 22.9 Å². The Kier molecular flexibility index (Phi) is 6.53. The molecule has 1 aromatic heterocycles. The molecule has 0 spiro atoms. The molecule has 0 radical (unpaired) electrons. The Bertz CT molecular complexity index is 727. The summed E-state index contributed by atoms with van der Waals surface area (Å²) in [6, 6.07) is 9.80. The largest absolute Gasteiger partial charge is 0.459 e. The lowest BCUT2D eigenvalue weighted by Gasteiger charge is -2.21. The van der Waals surface area contributed by atoms with Gasteiger partial charge in [0.25, 0.3) is 5.91 Å². The molecule has 132 valence electrons. The van der Waals surface area contributed by atoms with Gasteiger partial charge < -0.3 is 10.1 Å². The fourth-order valence-corrected chi connectivity index (χ4v) is 2.28. The normalized spacial score (nSPS) is 11.9. The lowest BCUT2D eigenvalue weighted by atomic mass is 10.0. The number of hydrogen-bond acceptors (Lipinski definition) is 4. The summed E-state index contributed by atoms with van der Waals surface area (Å²) in [4.78, 5) is 28.6. The molecular formula is C19H21ClN2O3. The topological polar surface area (TPSA) is 68.3 Å². The predicted octanol–water partition coefficient (Wildman–Crippen LogP) is 3.54. The van der Waals surface area contributed by atoms with Gasteiger partial charge in [-0.3, -0.25) is 4.79 Å². The van der Waals surface area contributed by atoms with E-state index in [0.29, 0.717) is 10.7 Å². The molecular weight excluding hydrogens is 340 g/mol. The van der Waals surface area contributed by atoms with Crippen LogP contribution in [0.2, 0.25) is 5.15 Å². The van der Waals surface area contributed by atoms with E-state index in [1.807, 2.05) is 32.9 Å². The van der Waals surface area contributed by atoms with Crippen LogP contribution in [0.4, 0.5) is 0 Å². The number of nitrogens with zero attached hydrogens (tertiary/aromatic N) is 1. The number of nitrogens with one attached hydrogen (secondary N) is 1. The number of halogens is 1. The Labute approximate surface area is 152 Å². The molecule has 0 aliphatic carbocycles. The molecule has 1 N–H and O–H groups in total. The van der Waals surface area contributed by atoms with Crippen molar-refractivity contribution in [1.82, 2.24) is 10.3 Å². The molecule has 0 unspecified atom stereocenters. The van der Waals surface area contributed by atoms with Gasteiger partial charge in [-0.15, -0.1) is 0 Å². The van der Waals surface area contributed by atoms with E-state index in [0.717, 1.165) is 11.1 Å². The molecule has 0 bridgehead atoms. The lowest BCUT2D eigenvalue weighted by Crippen LogP contribution is -2.45. The molecule has 6 heteroatoms. The van der Waals surface area contributed by atoms with E-state index in [1.165, 1.54) is 0 Å². The van der Waals surface area contributed by atoms with Crippen LogP contribution in [0.15, 0.2) is 42.6 Å². The zero-order valence-corrected chi connectivity index (χ0v) is 15.2. The molecule has 2 aromatic rings. The van der Waals surface area contributed by atoms with Crippen LogP contribution in [0.1, 0.15) is 35.3 Å². The first-order valence-electron chi connectivity index (χ1n) is 8.01. The van der Waals surface area contributed by atoms with Crippen LogP contribution in [0.3, 0.4) is 0 Å². The maximum Gasteiger partial charge on any atom is 0.329 e. The van der Waals surface area contributed by atoms with Gasteiger partial charge in [-0.1, -0.05) is 49.2 Å². The highest BCUT2D eigenvalue weighted by atomic mass is 35.5. The number of esters is 1. The van der Waals surface area contributed by atoms with Crippen LogP contribution in [-0.2, 0) is 16.1 Å². The quantitative estimate of drug-likeness (QED) is 0.632. The van der Waals surface area contributed by atoms with Crippen molar-refractivity contribution in [2.45, 2.75) is 33.4 Å². The first kappa shape index (κ1) is 18.9. The fraction of sp³-hybridized carbons (Fsp3) is 0.316. The molecule has 0 saturated carbocycles. The van der Waals surface area contributed by atoms with Crippen LogP contribution < -0.4 is 5.32 Å². The third kappa shape index (κ3) is 5.57. The number of rotatable bonds is 6. The highest BCUT2D eigenvalue weighted by Crippen LogP contribution is 2.11. The van der Waals surface area contributed by atoms with Crippen molar-refractivity contribution in [2.75, 3.05) is 0 Å². The van der Waals surface area contributed by atoms with Gasteiger partial charge in [0.1, 0.15) is 17.8 Å². The maximum atomic E-state index is 12.4. The minimum Gasteiger partial charge on any atom is -0.459 e. The monoisotopic (exact) mass is 360 g/mol. The minimum atomic E-state index is -0.728. The first-order chi connectivity index (χ1) is 11.9. The smallest absolute Gasteiger partial charge is 0.329 e. The molecule has 1 atom stereocenters. The molecule has 1 amide bonds. The van der Waals surface area contributed by atoms with Gasteiger partial charge in [0.15, 0.2) is 0 Å². The Hall–Kier alpha value is -2.40. The molecule has 2 rings (SSSR count). The van der Waals surface area contributed by atoms with E-state index in [2.05, 4.69) is 10.3 Å². The van der Waals surface area contributed by atoms with Crippen molar-refractivity contribution in [3.63, 3.8) is 0 Å². The average Bonchev–Trinajstić information content (AvgIpc) is 2.59. The second-order valence-electron chi connectivity index (χ2n) is 6.16. The molecule has 1 aromatic carbocycles. The Morgan fingerprint density at radius 2 is 1.84 bits per heavy atom. The van der Waals surface area contributed by atoms with E-state index < -0.39 is 12.0 Å². The van der Waals surface area contributed by atoms with Crippen molar-refractivity contribution in [1.29, 1.82) is 0 Å². The first-order valence-corrected chi connectivity index (χ1v) is 8.39. The van der Waals surface area contributed by atoms with Gasteiger partial charge in [0.2, 0.25) is 0 Å². The van der Waals surface area contributed by atoms with E-state index >= 15 is 0 Å². The molecule has 0 fully saturated rings. The number of carbonyl (C=O) groups excluding carboxylic acids is 2. The van der Waals surface area contributed by atoms with Crippen molar-refractivity contribution in [2.24, 2.45) is 5.92 Å². The zero-order valence-electron chi connectivity index (χ0n) is 14.5. The maximum absolute atomic E-state index is 12.4. The van der Waals surface area contributed by atoms with Gasteiger partial charge in [-0.05, 0) is 31.0 Å². The number of pyridine rings is 1. The third-order valence-corrected chi connectivity index (χ3v) is 3.91. The van der Waals surface area contributed by atoms with Crippen LogP contribution in [0.5, 0.6) is 0 Å². The summed E-state index contributed by atoms with van der Waals surface area (Å²) >= 11 is 5.73. The number of carbonyl (C=O) groups is 2. The summed E-state index contributed by atoms with van der Waals surface area (Å²) in [7, 11) is 0. The summed E-state index contributed by atoms with van der Waals surface area (Å²) in [5, 5.41) is 3.12. The van der Waals surface area contributed by atoms with Crippen LogP contribution in [0.25, 0.3) is 0 Å². The highest BCUT2D eigenvalue weighted by Gasteiger charge is 2.26. The SMILES string of the molecule is Cc1ccc(C(=O)N[C@H](C(=O)OCc2ccc(Cl)nc2)C(C)C)cc1. The summed E-state index contributed by atoms with van der Waals surface area (Å²) in [5.41, 5.74) is 2.30. The number of amides is 1. The summed E-state index contributed by atoms with van der Waals surface area (Å²) < 4.78 is 5.31. The van der Waals surface area contributed by atoms with Crippen molar-refractivity contribution < 1.29 is 14.3 Å². The van der Waals surface area contributed by atoms with Gasteiger partial charge in [0, 0.05) is 17.3 Å². The van der Waals surface area contributed by atoms with E-state index in [-0.39, 0.29) is 18.4 Å². The third-order valence-electron chi connectivity index (χ3n) is 3.69. The summed E-state index contributed by atoms with van der Waals surface area (Å²) in [6.07, 6.45) is 1.55. The van der Waals surface area contributed by atoms with E-state index in [9.17, 15) is 9.59 Å². The van der Waals surface area contributed by atoms with E-state index in [1.54, 1.807) is 30.5 Å². The fourth-order valence-electron chi connectivity index (χ4n) is 2.16. The Balaban J connectivity index is 1.98. The number of benzene rings is 1. The van der Waals surface area contributed by atoms with Gasteiger partial charge in [0.05, 0.1) is 0 Å². The molecule has 25 heavy (non-hydrogen) atoms. The van der Waals surface area contributed by atoms with E-state index in [4.69, 9.17) is 16.3 Å². The average molecular weight is 361 g/mol. The van der Waals surface area contributed by atoms with Gasteiger partial charge in [-0.2, -0.15) is 0 Å². The minimum absolute atomic E-state index is 0.0760. The molecule has 5 nitrogen and oxygen atoms in total. The van der Waals surface area contributed by atoms with Crippen LogP contribution >= 0.6 is 11.6 Å². The summed E-state index contributed by atoms with van der Waals surface area (Å²) in [6.45, 7) is 5.73. The second kappa shape index (κ2) is 8.62. The highest BCUT2D eigenvalue weighted by molar-refractivity contribution is 6.29. The molecule has 0 aliphatic heterocycles. The van der Waals surface area contributed by atoms with Gasteiger partial charge >= 0.3 is 5.97 Å².